The van der Waals surface area contributed by atoms with Crippen molar-refractivity contribution >= 4 is 33.7 Å². The van der Waals surface area contributed by atoms with Gasteiger partial charge in [0.15, 0.2) is 6.61 Å². The molecule has 0 heterocycles. The van der Waals surface area contributed by atoms with Crippen LogP contribution in [-0.2, 0) is 14.3 Å². The Morgan fingerprint density at radius 1 is 1.08 bits per heavy atom. The molecule has 132 valence electrons. The minimum atomic E-state index is -0.837. The van der Waals surface area contributed by atoms with Gasteiger partial charge in [-0.05, 0) is 47.8 Å². The molecule has 0 radical (unpaired) electrons. The molecule has 2 amide bonds. The third-order valence-electron chi connectivity index (χ3n) is 3.12. The van der Waals surface area contributed by atoms with Gasteiger partial charge in [0.25, 0.3) is 11.8 Å². The molecule has 6 nitrogen and oxygen atoms in total. The molecule has 0 fully saturated rings. The molecule has 1 aromatic rings. The molecule has 0 aliphatic carbocycles. The third kappa shape index (κ3) is 6.31. The van der Waals surface area contributed by atoms with Crippen molar-refractivity contribution in [3.8, 4) is 0 Å². The number of hydrogen-bond donors (Lipinski definition) is 2. The number of esters is 1. The largest absolute Gasteiger partial charge is 0.454 e. The Labute approximate surface area is 150 Å². The summed E-state index contributed by atoms with van der Waals surface area (Å²) in [5.74, 6) is -1.58. The number of carbonyl (C=O) groups excluding carboxylic acids is 3. The molecule has 0 aliphatic heterocycles. The van der Waals surface area contributed by atoms with Gasteiger partial charge in [-0.25, -0.2) is 4.79 Å². The van der Waals surface area contributed by atoms with E-state index in [4.69, 9.17) is 4.74 Å². The number of amides is 2. The zero-order chi connectivity index (χ0) is 18.3. The summed E-state index contributed by atoms with van der Waals surface area (Å²) in [4.78, 5) is 36.1. The van der Waals surface area contributed by atoms with Crippen LogP contribution in [0.15, 0.2) is 28.7 Å². The van der Waals surface area contributed by atoms with E-state index in [2.05, 4.69) is 26.6 Å². The summed E-state index contributed by atoms with van der Waals surface area (Å²) >= 11 is 3.30. The fraction of sp³-hybridized carbons (Fsp3) is 0.471. The quantitative estimate of drug-likeness (QED) is 0.689. The van der Waals surface area contributed by atoms with E-state index in [0.29, 0.717) is 10.0 Å². The highest BCUT2D eigenvalue weighted by Gasteiger charge is 2.27. The number of benzene rings is 1. The highest BCUT2D eigenvalue weighted by molar-refractivity contribution is 9.10. The molecule has 1 aromatic carbocycles. The Bertz CT molecular complexity index is 602. The molecule has 0 saturated carbocycles. The van der Waals surface area contributed by atoms with Crippen molar-refractivity contribution in [1.29, 1.82) is 0 Å². The maximum Gasteiger partial charge on any atom is 0.329 e. The van der Waals surface area contributed by atoms with E-state index < -0.39 is 12.0 Å². The second kappa shape index (κ2) is 9.42. The van der Waals surface area contributed by atoms with Crippen LogP contribution in [0.5, 0.6) is 0 Å². The molecule has 1 atom stereocenters. The lowest BCUT2D eigenvalue weighted by atomic mass is 10.0. The zero-order valence-electron chi connectivity index (χ0n) is 14.3. The normalized spacial score (nSPS) is 12.0. The van der Waals surface area contributed by atoms with Gasteiger partial charge in [0.1, 0.15) is 6.04 Å². The number of rotatable bonds is 7. The SMILES string of the molecule is CC(C)NC(=O)COC(=O)[C@@H](NC(=O)c1ccccc1Br)C(C)C. The number of hydrogen-bond acceptors (Lipinski definition) is 4. The van der Waals surface area contributed by atoms with Crippen LogP contribution < -0.4 is 10.6 Å². The second-order valence-corrected chi connectivity index (χ2v) is 6.86. The van der Waals surface area contributed by atoms with Crippen molar-refractivity contribution < 1.29 is 19.1 Å². The Hall–Kier alpha value is -1.89. The van der Waals surface area contributed by atoms with E-state index in [9.17, 15) is 14.4 Å². The molecule has 0 saturated heterocycles. The lowest BCUT2D eigenvalue weighted by Crippen LogP contribution is -2.46. The molecule has 0 unspecified atom stereocenters. The maximum atomic E-state index is 12.3. The smallest absolute Gasteiger partial charge is 0.329 e. The first kappa shape index (κ1) is 20.2. The topological polar surface area (TPSA) is 84.5 Å². The summed E-state index contributed by atoms with van der Waals surface area (Å²) in [6, 6.07) is 6.05. The van der Waals surface area contributed by atoms with Gasteiger partial charge in [0.2, 0.25) is 0 Å². The van der Waals surface area contributed by atoms with Gasteiger partial charge in [-0.15, -0.1) is 0 Å². The fourth-order valence-corrected chi connectivity index (χ4v) is 2.42. The highest BCUT2D eigenvalue weighted by atomic mass is 79.9. The predicted molar refractivity (Wildman–Crippen MR) is 94.5 cm³/mol. The van der Waals surface area contributed by atoms with Crippen molar-refractivity contribution in [2.45, 2.75) is 39.8 Å². The van der Waals surface area contributed by atoms with Crippen LogP contribution in [-0.4, -0.2) is 36.5 Å². The van der Waals surface area contributed by atoms with Crippen LogP contribution in [0.4, 0.5) is 0 Å². The second-order valence-electron chi connectivity index (χ2n) is 6.00. The van der Waals surface area contributed by atoms with E-state index in [1.165, 1.54) is 0 Å². The first-order valence-corrected chi connectivity index (χ1v) is 8.53. The van der Waals surface area contributed by atoms with E-state index in [1.54, 1.807) is 38.1 Å². The van der Waals surface area contributed by atoms with Crippen LogP contribution in [0, 0.1) is 5.92 Å². The minimum Gasteiger partial charge on any atom is -0.454 e. The summed E-state index contributed by atoms with van der Waals surface area (Å²) in [5, 5.41) is 5.29. The third-order valence-corrected chi connectivity index (χ3v) is 3.81. The monoisotopic (exact) mass is 398 g/mol. The zero-order valence-corrected chi connectivity index (χ0v) is 15.8. The Morgan fingerprint density at radius 2 is 1.71 bits per heavy atom. The first-order chi connectivity index (χ1) is 11.2. The van der Waals surface area contributed by atoms with Crippen molar-refractivity contribution in [3.05, 3.63) is 34.3 Å². The average molecular weight is 399 g/mol. The molecular formula is C17H23BrN2O4. The molecule has 0 aromatic heterocycles. The Balaban J connectivity index is 2.70. The molecule has 7 heteroatoms. The summed E-state index contributed by atoms with van der Waals surface area (Å²) in [7, 11) is 0. The molecular weight excluding hydrogens is 376 g/mol. The van der Waals surface area contributed by atoms with Crippen LogP contribution in [0.3, 0.4) is 0 Å². The van der Waals surface area contributed by atoms with Crippen molar-refractivity contribution in [2.75, 3.05) is 6.61 Å². The first-order valence-electron chi connectivity index (χ1n) is 7.73. The van der Waals surface area contributed by atoms with Crippen molar-refractivity contribution in [3.63, 3.8) is 0 Å². The molecule has 24 heavy (non-hydrogen) atoms. The van der Waals surface area contributed by atoms with E-state index in [1.807, 2.05) is 13.8 Å². The van der Waals surface area contributed by atoms with Crippen LogP contribution in [0.1, 0.15) is 38.1 Å². The standard InChI is InChI=1S/C17H23BrN2O4/c1-10(2)15(17(23)24-9-14(21)19-11(3)4)20-16(22)12-7-5-6-8-13(12)18/h5-8,10-11,15H,9H2,1-4H3,(H,19,21)(H,20,22)/t15-/m0/s1. The molecule has 0 spiro atoms. The number of carbonyl (C=O) groups is 3. The lowest BCUT2D eigenvalue weighted by Gasteiger charge is -2.21. The van der Waals surface area contributed by atoms with Crippen molar-refractivity contribution in [1.82, 2.24) is 10.6 Å². The van der Waals surface area contributed by atoms with Crippen molar-refractivity contribution in [2.24, 2.45) is 5.92 Å². The maximum absolute atomic E-state index is 12.3. The van der Waals surface area contributed by atoms with Crippen LogP contribution >= 0.6 is 15.9 Å². The van der Waals surface area contributed by atoms with E-state index in [-0.39, 0.29) is 30.4 Å². The van der Waals surface area contributed by atoms with Gasteiger partial charge in [0.05, 0.1) is 5.56 Å². The van der Waals surface area contributed by atoms with Gasteiger partial charge < -0.3 is 15.4 Å². The average Bonchev–Trinajstić information content (AvgIpc) is 2.49. The van der Waals surface area contributed by atoms with Gasteiger partial charge in [0, 0.05) is 10.5 Å². The molecule has 2 N–H and O–H groups in total. The highest BCUT2D eigenvalue weighted by Crippen LogP contribution is 2.16. The van der Waals surface area contributed by atoms with Gasteiger partial charge in [-0.1, -0.05) is 26.0 Å². The fourth-order valence-electron chi connectivity index (χ4n) is 1.95. The number of ether oxygens (including phenoxy) is 1. The number of halogens is 1. The van der Waals surface area contributed by atoms with Crippen LogP contribution in [0.2, 0.25) is 0 Å². The van der Waals surface area contributed by atoms with Gasteiger partial charge >= 0.3 is 5.97 Å². The molecule has 1 rings (SSSR count). The lowest BCUT2D eigenvalue weighted by molar-refractivity contribution is -0.151. The Kier molecular flexibility index (Phi) is 7.91. The minimum absolute atomic E-state index is 0.0350. The summed E-state index contributed by atoms with van der Waals surface area (Å²) in [5.41, 5.74) is 0.425. The summed E-state index contributed by atoms with van der Waals surface area (Å²) < 4.78 is 5.65. The summed E-state index contributed by atoms with van der Waals surface area (Å²) in [6.07, 6.45) is 0. The summed E-state index contributed by atoms with van der Waals surface area (Å²) in [6.45, 7) is 6.84. The molecule has 0 bridgehead atoms. The van der Waals surface area contributed by atoms with E-state index >= 15 is 0 Å². The van der Waals surface area contributed by atoms with Gasteiger partial charge in [-0.3, -0.25) is 9.59 Å². The molecule has 0 aliphatic rings. The van der Waals surface area contributed by atoms with Crippen LogP contribution in [0.25, 0.3) is 0 Å². The van der Waals surface area contributed by atoms with Gasteiger partial charge in [-0.2, -0.15) is 0 Å². The van der Waals surface area contributed by atoms with E-state index in [0.717, 1.165) is 0 Å². The predicted octanol–water partition coefficient (Wildman–Crippen LogP) is 2.27. The Morgan fingerprint density at radius 3 is 2.25 bits per heavy atom. The number of nitrogens with one attached hydrogen (secondary N) is 2.